The molecule has 5 heteroatoms. The first-order chi connectivity index (χ1) is 12.2. The molecule has 0 saturated carbocycles. The predicted octanol–water partition coefficient (Wildman–Crippen LogP) is 4.74. The number of carbonyl (C=O) groups is 1. The molecule has 126 valence electrons. The number of aromatic nitrogens is 2. The molecule has 4 nitrogen and oxygen atoms in total. The Morgan fingerprint density at radius 1 is 1.08 bits per heavy atom. The van der Waals surface area contributed by atoms with Crippen molar-refractivity contribution < 1.29 is 4.79 Å². The van der Waals surface area contributed by atoms with Gasteiger partial charge in [0, 0.05) is 28.3 Å². The van der Waals surface area contributed by atoms with E-state index in [0.29, 0.717) is 5.56 Å². The summed E-state index contributed by atoms with van der Waals surface area (Å²) in [7, 11) is 0. The van der Waals surface area contributed by atoms with Crippen LogP contribution in [0.25, 0.3) is 11.3 Å². The van der Waals surface area contributed by atoms with Gasteiger partial charge < -0.3 is 9.88 Å². The molecule has 4 rings (SSSR count). The number of rotatable bonds is 3. The Hall–Kier alpha value is -2.15. The Morgan fingerprint density at radius 3 is 2.72 bits per heavy atom. The van der Waals surface area contributed by atoms with Crippen LogP contribution in [0.5, 0.6) is 0 Å². The summed E-state index contributed by atoms with van der Waals surface area (Å²) in [6, 6.07) is 15.5. The van der Waals surface area contributed by atoms with Crippen molar-refractivity contribution in [3.05, 3.63) is 69.7 Å². The molecule has 1 aliphatic heterocycles. The van der Waals surface area contributed by atoms with Gasteiger partial charge in [-0.3, -0.25) is 4.79 Å². The zero-order valence-electron chi connectivity index (χ0n) is 13.7. The topological polar surface area (TPSA) is 46.9 Å². The van der Waals surface area contributed by atoms with Crippen LogP contribution in [0.3, 0.4) is 0 Å². The molecule has 1 aromatic heterocycles. The molecule has 0 aliphatic carbocycles. The molecule has 0 saturated heterocycles. The molecule has 1 aliphatic rings. The van der Waals surface area contributed by atoms with Crippen molar-refractivity contribution in [2.75, 3.05) is 5.32 Å². The maximum Gasteiger partial charge on any atom is 0.256 e. The normalized spacial score (nSPS) is 13.3. The number of amides is 1. The van der Waals surface area contributed by atoms with Gasteiger partial charge in [0.05, 0.1) is 16.9 Å². The molecule has 1 N–H and O–H groups in total. The van der Waals surface area contributed by atoms with E-state index in [1.165, 1.54) is 12.8 Å². The van der Waals surface area contributed by atoms with Crippen molar-refractivity contribution >= 4 is 34.2 Å². The first kappa shape index (κ1) is 16.3. The summed E-state index contributed by atoms with van der Waals surface area (Å²) in [4.78, 5) is 17.5. The number of hydrogen-bond acceptors (Lipinski definition) is 2. The van der Waals surface area contributed by atoms with Gasteiger partial charge in [0.1, 0.15) is 5.82 Å². The highest BCUT2D eigenvalue weighted by atomic mass is 127. The molecule has 0 spiro atoms. The van der Waals surface area contributed by atoms with Gasteiger partial charge in [0.25, 0.3) is 5.91 Å². The lowest BCUT2D eigenvalue weighted by molar-refractivity contribution is 0.102. The maximum absolute atomic E-state index is 12.7. The highest BCUT2D eigenvalue weighted by Gasteiger charge is 2.17. The average molecular weight is 443 g/mol. The number of anilines is 1. The Labute approximate surface area is 160 Å². The zero-order chi connectivity index (χ0) is 17.2. The first-order valence-electron chi connectivity index (χ1n) is 8.44. The molecule has 0 fully saturated rings. The number of nitrogens with zero attached hydrogens (tertiary/aromatic N) is 2. The highest BCUT2D eigenvalue weighted by molar-refractivity contribution is 14.1. The Balaban J connectivity index is 1.67. The third kappa shape index (κ3) is 3.33. The van der Waals surface area contributed by atoms with E-state index in [2.05, 4.69) is 38.7 Å². The monoisotopic (exact) mass is 443 g/mol. The summed E-state index contributed by atoms with van der Waals surface area (Å²) >= 11 is 2.19. The van der Waals surface area contributed by atoms with Crippen LogP contribution in [0.4, 0.5) is 5.69 Å². The van der Waals surface area contributed by atoms with Crippen molar-refractivity contribution in [1.82, 2.24) is 9.55 Å². The molecular formula is C20H18IN3O. The highest BCUT2D eigenvalue weighted by Crippen LogP contribution is 2.29. The van der Waals surface area contributed by atoms with Crippen molar-refractivity contribution in [1.29, 1.82) is 0 Å². The van der Waals surface area contributed by atoms with Crippen LogP contribution < -0.4 is 5.32 Å². The second kappa shape index (κ2) is 7.00. The third-order valence-corrected chi connectivity index (χ3v) is 5.42. The quantitative estimate of drug-likeness (QED) is 0.595. The SMILES string of the molecule is O=C(Nc1ccccc1-c1cn2c(n1)CCCC2)c1ccccc1I. The molecule has 0 bridgehead atoms. The van der Waals surface area contributed by atoms with Gasteiger partial charge in [-0.2, -0.15) is 0 Å². The Bertz CT molecular complexity index is 909. The largest absolute Gasteiger partial charge is 0.334 e. The molecule has 25 heavy (non-hydrogen) atoms. The molecule has 3 aromatic rings. The van der Waals surface area contributed by atoms with Gasteiger partial charge in [-0.05, 0) is 53.6 Å². The number of para-hydroxylation sites is 1. The van der Waals surface area contributed by atoms with Gasteiger partial charge >= 0.3 is 0 Å². The fourth-order valence-electron chi connectivity index (χ4n) is 3.19. The van der Waals surface area contributed by atoms with E-state index in [-0.39, 0.29) is 5.91 Å². The van der Waals surface area contributed by atoms with E-state index in [0.717, 1.165) is 39.3 Å². The molecule has 1 amide bonds. The number of fused-ring (bicyclic) bond motifs is 1. The molecule has 0 unspecified atom stereocenters. The number of imidazole rings is 1. The van der Waals surface area contributed by atoms with Crippen LogP contribution in [-0.4, -0.2) is 15.5 Å². The summed E-state index contributed by atoms with van der Waals surface area (Å²) in [6.45, 7) is 1.03. The van der Waals surface area contributed by atoms with Crippen molar-refractivity contribution in [2.45, 2.75) is 25.8 Å². The van der Waals surface area contributed by atoms with Gasteiger partial charge in [0.15, 0.2) is 0 Å². The second-order valence-electron chi connectivity index (χ2n) is 6.17. The van der Waals surface area contributed by atoms with Gasteiger partial charge in [0.2, 0.25) is 0 Å². The minimum Gasteiger partial charge on any atom is -0.334 e. The summed E-state index contributed by atoms with van der Waals surface area (Å²) in [6.07, 6.45) is 5.53. The number of aryl methyl sites for hydroxylation is 2. The first-order valence-corrected chi connectivity index (χ1v) is 9.51. The van der Waals surface area contributed by atoms with Crippen molar-refractivity contribution in [3.8, 4) is 11.3 Å². The zero-order valence-corrected chi connectivity index (χ0v) is 15.9. The maximum atomic E-state index is 12.7. The second-order valence-corrected chi connectivity index (χ2v) is 7.33. The standard InChI is InChI=1S/C20H18IN3O/c21-16-9-3-1-7-14(16)20(25)23-17-10-4-2-8-15(17)18-13-24-12-6-5-11-19(24)22-18/h1-4,7-10,13H,5-6,11-12H2,(H,23,25). The number of nitrogens with one attached hydrogen (secondary N) is 1. The fourth-order valence-corrected chi connectivity index (χ4v) is 3.83. The van der Waals surface area contributed by atoms with Crippen molar-refractivity contribution in [2.24, 2.45) is 0 Å². The van der Waals surface area contributed by atoms with Gasteiger partial charge in [-0.15, -0.1) is 0 Å². The van der Waals surface area contributed by atoms with Crippen LogP contribution in [0, 0.1) is 3.57 Å². The van der Waals surface area contributed by atoms with Gasteiger partial charge in [-0.1, -0.05) is 30.3 Å². The Morgan fingerprint density at radius 2 is 1.88 bits per heavy atom. The summed E-state index contributed by atoms with van der Waals surface area (Å²) in [5.41, 5.74) is 3.36. The van der Waals surface area contributed by atoms with Crippen LogP contribution in [0.2, 0.25) is 0 Å². The number of benzene rings is 2. The van der Waals surface area contributed by atoms with Crippen LogP contribution in [0.15, 0.2) is 54.7 Å². The number of hydrogen-bond donors (Lipinski definition) is 1. The lowest BCUT2D eigenvalue weighted by Crippen LogP contribution is -2.14. The summed E-state index contributed by atoms with van der Waals surface area (Å²) < 4.78 is 3.17. The Kier molecular flexibility index (Phi) is 4.57. The molecule has 0 radical (unpaired) electrons. The van der Waals surface area contributed by atoms with E-state index in [9.17, 15) is 4.79 Å². The van der Waals surface area contributed by atoms with E-state index in [1.54, 1.807) is 0 Å². The lowest BCUT2D eigenvalue weighted by Gasteiger charge is -2.11. The molecule has 2 heterocycles. The minimum absolute atomic E-state index is 0.0959. The molecule has 2 aromatic carbocycles. The number of halogens is 1. The third-order valence-electron chi connectivity index (χ3n) is 4.48. The van der Waals surface area contributed by atoms with Crippen LogP contribution >= 0.6 is 22.6 Å². The number of carbonyl (C=O) groups excluding carboxylic acids is 1. The predicted molar refractivity (Wildman–Crippen MR) is 108 cm³/mol. The van der Waals surface area contributed by atoms with E-state index < -0.39 is 0 Å². The summed E-state index contributed by atoms with van der Waals surface area (Å²) in [5.74, 6) is 1.04. The molecular weight excluding hydrogens is 425 g/mol. The molecule has 0 atom stereocenters. The lowest BCUT2D eigenvalue weighted by atomic mass is 10.1. The van der Waals surface area contributed by atoms with Crippen LogP contribution in [0.1, 0.15) is 29.0 Å². The van der Waals surface area contributed by atoms with Crippen LogP contribution in [-0.2, 0) is 13.0 Å². The van der Waals surface area contributed by atoms with E-state index in [1.807, 2.05) is 48.5 Å². The fraction of sp³-hybridized carbons (Fsp3) is 0.200. The van der Waals surface area contributed by atoms with Gasteiger partial charge in [-0.25, -0.2) is 4.98 Å². The van der Waals surface area contributed by atoms with Crippen molar-refractivity contribution in [3.63, 3.8) is 0 Å². The van der Waals surface area contributed by atoms with E-state index >= 15 is 0 Å². The summed E-state index contributed by atoms with van der Waals surface area (Å²) in [5, 5.41) is 3.05. The minimum atomic E-state index is -0.0959. The smallest absolute Gasteiger partial charge is 0.256 e. The average Bonchev–Trinajstić information content (AvgIpc) is 3.06. The van der Waals surface area contributed by atoms with E-state index in [4.69, 9.17) is 4.98 Å².